The minimum atomic E-state index is -4.44. The van der Waals surface area contributed by atoms with Crippen molar-refractivity contribution in [2.45, 2.75) is 44.4 Å². The van der Waals surface area contributed by atoms with Gasteiger partial charge >= 0.3 is 12.2 Å². The Bertz CT molecular complexity index is 688. The van der Waals surface area contributed by atoms with Crippen molar-refractivity contribution in [1.29, 1.82) is 0 Å². The molecule has 1 aromatic rings. The zero-order chi connectivity index (χ0) is 18.9. The number of halogens is 3. The minimum absolute atomic E-state index is 0.0630. The average Bonchev–Trinajstić information content (AvgIpc) is 2.78. The summed E-state index contributed by atoms with van der Waals surface area (Å²) in [6.45, 7) is -0.315. The molecule has 3 heterocycles. The lowest BCUT2D eigenvalue weighted by Crippen LogP contribution is -2.56. The number of piperidine rings is 1. The van der Waals surface area contributed by atoms with Gasteiger partial charge in [-0.25, -0.2) is 4.79 Å². The topological polar surface area (TPSA) is 70.5 Å². The fourth-order valence-electron chi connectivity index (χ4n) is 3.55. The van der Waals surface area contributed by atoms with Crippen LogP contribution in [0.4, 0.5) is 18.0 Å². The van der Waals surface area contributed by atoms with Gasteiger partial charge in [-0.15, -0.1) is 0 Å². The highest BCUT2D eigenvalue weighted by Gasteiger charge is 2.38. The molecule has 26 heavy (non-hydrogen) atoms. The largest absolute Gasteiger partial charge is 0.406 e. The summed E-state index contributed by atoms with van der Waals surface area (Å²) in [6.07, 6.45) is -0.374. The van der Waals surface area contributed by atoms with Gasteiger partial charge in [0.2, 0.25) is 5.91 Å². The van der Waals surface area contributed by atoms with Crippen molar-refractivity contribution < 1.29 is 22.8 Å². The lowest BCUT2D eigenvalue weighted by molar-refractivity contribution is -0.164. The van der Waals surface area contributed by atoms with E-state index in [2.05, 4.69) is 10.4 Å². The van der Waals surface area contributed by atoms with Crippen LogP contribution < -0.4 is 5.32 Å². The van der Waals surface area contributed by atoms with Crippen LogP contribution in [0.2, 0.25) is 0 Å². The van der Waals surface area contributed by atoms with Crippen LogP contribution in [0.15, 0.2) is 6.20 Å². The summed E-state index contributed by atoms with van der Waals surface area (Å²) in [5.41, 5.74) is 2.03. The third-order valence-electron chi connectivity index (χ3n) is 4.84. The number of nitrogens with zero attached hydrogens (tertiary/aromatic N) is 4. The smallest absolute Gasteiger partial charge is 0.332 e. The van der Waals surface area contributed by atoms with Crippen molar-refractivity contribution in [2.75, 3.05) is 19.6 Å². The Morgan fingerprint density at radius 1 is 1.35 bits per heavy atom. The number of hydrogen-bond donors (Lipinski definition) is 1. The molecule has 1 atom stereocenters. The van der Waals surface area contributed by atoms with Crippen LogP contribution in [-0.2, 0) is 24.8 Å². The number of fused-ring (bicyclic) bond motifs is 1. The van der Waals surface area contributed by atoms with E-state index in [1.807, 2.05) is 7.05 Å². The van der Waals surface area contributed by atoms with Crippen LogP contribution >= 0.6 is 0 Å². The fourth-order valence-corrected chi connectivity index (χ4v) is 3.55. The molecule has 1 unspecified atom stereocenters. The Morgan fingerprint density at radius 3 is 2.85 bits per heavy atom. The Balaban J connectivity index is 1.63. The van der Waals surface area contributed by atoms with Crippen LogP contribution in [0.5, 0.6) is 0 Å². The summed E-state index contributed by atoms with van der Waals surface area (Å²) in [5.74, 6) is -0.668. The number of rotatable bonds is 2. The first kappa shape index (κ1) is 18.5. The van der Waals surface area contributed by atoms with E-state index in [4.69, 9.17) is 0 Å². The number of aromatic nitrogens is 2. The van der Waals surface area contributed by atoms with E-state index >= 15 is 0 Å². The predicted molar refractivity (Wildman–Crippen MR) is 86.1 cm³/mol. The molecule has 1 saturated heterocycles. The third-order valence-corrected chi connectivity index (χ3v) is 4.84. The minimum Gasteiger partial charge on any atom is -0.332 e. The van der Waals surface area contributed by atoms with Crippen molar-refractivity contribution in [1.82, 2.24) is 24.9 Å². The summed E-state index contributed by atoms with van der Waals surface area (Å²) < 4.78 is 39.5. The molecule has 0 aromatic carbocycles. The second-order valence-electron chi connectivity index (χ2n) is 6.78. The third kappa shape index (κ3) is 4.10. The zero-order valence-corrected chi connectivity index (χ0v) is 14.6. The maximum atomic E-state index is 12.6. The lowest BCUT2D eigenvalue weighted by Gasteiger charge is -2.34. The molecule has 10 heteroatoms. The molecule has 0 saturated carbocycles. The van der Waals surface area contributed by atoms with Gasteiger partial charge in [-0.3, -0.25) is 9.48 Å². The van der Waals surface area contributed by atoms with E-state index in [1.165, 1.54) is 0 Å². The second-order valence-corrected chi connectivity index (χ2v) is 6.78. The number of aryl methyl sites for hydroxylation is 1. The van der Waals surface area contributed by atoms with Crippen molar-refractivity contribution in [3.8, 4) is 0 Å². The van der Waals surface area contributed by atoms with Gasteiger partial charge in [0.15, 0.2) is 0 Å². The first-order valence-corrected chi connectivity index (χ1v) is 8.65. The van der Waals surface area contributed by atoms with Crippen molar-refractivity contribution in [3.05, 3.63) is 17.5 Å². The van der Waals surface area contributed by atoms with Crippen LogP contribution in [-0.4, -0.2) is 63.4 Å². The molecule has 2 aliphatic heterocycles. The molecule has 0 spiro atoms. The number of carbonyl (C=O) groups is 2. The van der Waals surface area contributed by atoms with Crippen LogP contribution in [0.25, 0.3) is 0 Å². The van der Waals surface area contributed by atoms with E-state index < -0.39 is 30.7 Å². The second kappa shape index (κ2) is 7.16. The van der Waals surface area contributed by atoms with Gasteiger partial charge in [-0.2, -0.15) is 18.3 Å². The van der Waals surface area contributed by atoms with Gasteiger partial charge in [-0.1, -0.05) is 0 Å². The number of alkyl halides is 3. The molecule has 2 aliphatic rings. The number of urea groups is 1. The summed E-state index contributed by atoms with van der Waals surface area (Å²) in [5, 5.41) is 6.82. The Kier molecular flexibility index (Phi) is 5.10. The molecule has 3 rings (SSSR count). The number of nitrogens with one attached hydrogen (secondary N) is 1. The number of hydrogen-bond acceptors (Lipinski definition) is 3. The quantitative estimate of drug-likeness (QED) is 0.853. The highest BCUT2D eigenvalue weighted by atomic mass is 19.4. The van der Waals surface area contributed by atoms with E-state index in [0.717, 1.165) is 29.0 Å². The normalized spacial score (nSPS) is 21.4. The van der Waals surface area contributed by atoms with Gasteiger partial charge in [0, 0.05) is 31.4 Å². The summed E-state index contributed by atoms with van der Waals surface area (Å²) in [7, 11) is 1.85. The molecule has 3 amide bonds. The molecule has 144 valence electrons. The molecular weight excluding hydrogens is 351 g/mol. The molecule has 0 aliphatic carbocycles. The standard InChI is InChI=1S/C16H22F3N5O2/c1-22-13-5-3-6-23(9-11(13)8-20-22)15(26)21-12-4-2-7-24(14(12)25)10-16(17,18)19/h8,12H,2-7,9-10H2,1H3,(H,21,26). The van der Waals surface area contributed by atoms with E-state index in [0.29, 0.717) is 25.9 Å². The predicted octanol–water partition coefficient (Wildman–Crippen LogP) is 1.43. The van der Waals surface area contributed by atoms with Gasteiger partial charge in [0.05, 0.1) is 12.7 Å². The zero-order valence-electron chi connectivity index (χ0n) is 14.6. The van der Waals surface area contributed by atoms with E-state index in [9.17, 15) is 22.8 Å². The van der Waals surface area contributed by atoms with Gasteiger partial charge in [-0.05, 0) is 25.7 Å². The summed E-state index contributed by atoms with van der Waals surface area (Å²) in [4.78, 5) is 27.2. The van der Waals surface area contributed by atoms with Crippen LogP contribution in [0, 0.1) is 0 Å². The lowest BCUT2D eigenvalue weighted by atomic mass is 10.0. The highest BCUT2D eigenvalue weighted by Crippen LogP contribution is 2.22. The molecule has 1 aromatic heterocycles. The first-order chi connectivity index (χ1) is 12.2. The van der Waals surface area contributed by atoms with Crippen LogP contribution in [0.3, 0.4) is 0 Å². The maximum absolute atomic E-state index is 12.6. The average molecular weight is 373 g/mol. The van der Waals surface area contributed by atoms with Crippen molar-refractivity contribution >= 4 is 11.9 Å². The number of carbonyl (C=O) groups excluding carboxylic acids is 2. The molecule has 0 radical (unpaired) electrons. The molecule has 1 N–H and O–H groups in total. The maximum Gasteiger partial charge on any atom is 0.406 e. The Labute approximate surface area is 149 Å². The SMILES string of the molecule is Cn1ncc2c1CCCN(C(=O)NC1CCCN(CC(F)(F)F)C1=O)C2. The summed E-state index contributed by atoms with van der Waals surface area (Å²) in [6, 6.07) is -1.33. The highest BCUT2D eigenvalue weighted by molar-refractivity contribution is 5.87. The Hall–Kier alpha value is -2.26. The van der Waals surface area contributed by atoms with Crippen LogP contribution in [0.1, 0.15) is 30.5 Å². The molecule has 1 fully saturated rings. The number of amides is 3. The van der Waals surface area contributed by atoms with Crippen molar-refractivity contribution in [3.63, 3.8) is 0 Å². The first-order valence-electron chi connectivity index (χ1n) is 8.65. The number of likely N-dealkylation sites (tertiary alicyclic amines) is 1. The van der Waals surface area contributed by atoms with E-state index in [-0.39, 0.29) is 6.54 Å². The molecular formula is C16H22F3N5O2. The van der Waals surface area contributed by atoms with Gasteiger partial charge in [0.25, 0.3) is 0 Å². The van der Waals surface area contributed by atoms with Crippen molar-refractivity contribution in [2.24, 2.45) is 7.05 Å². The monoisotopic (exact) mass is 373 g/mol. The van der Waals surface area contributed by atoms with E-state index in [1.54, 1.807) is 15.8 Å². The van der Waals surface area contributed by atoms with Gasteiger partial charge in [0.1, 0.15) is 12.6 Å². The summed E-state index contributed by atoms with van der Waals surface area (Å²) >= 11 is 0. The Morgan fingerprint density at radius 2 is 2.12 bits per heavy atom. The fraction of sp³-hybridized carbons (Fsp3) is 0.688. The molecule has 7 nitrogen and oxygen atoms in total. The van der Waals surface area contributed by atoms with Gasteiger partial charge < -0.3 is 15.1 Å². The molecule has 0 bridgehead atoms.